The van der Waals surface area contributed by atoms with Crippen LogP contribution in [0.15, 0.2) is 16.4 Å². The molecule has 1 aliphatic carbocycles. The molecule has 2 heterocycles. The fourth-order valence-electron chi connectivity index (χ4n) is 2.99. The maximum atomic E-state index is 5.96. The van der Waals surface area contributed by atoms with Crippen molar-refractivity contribution in [1.29, 1.82) is 0 Å². The lowest BCUT2D eigenvalue weighted by molar-refractivity contribution is 0.197. The highest BCUT2D eigenvalue weighted by Gasteiger charge is 2.21. The van der Waals surface area contributed by atoms with Crippen LogP contribution in [-0.4, -0.2) is 36.5 Å². The number of nitrogens with zero attached hydrogens (tertiary/aromatic N) is 2. The van der Waals surface area contributed by atoms with E-state index >= 15 is 0 Å². The van der Waals surface area contributed by atoms with Crippen molar-refractivity contribution in [3.8, 4) is 0 Å². The Balaban J connectivity index is 0.00000176. The molecule has 2 aliphatic rings. The zero-order chi connectivity index (χ0) is 14.7. The molecule has 124 valence electrons. The van der Waals surface area contributed by atoms with E-state index in [2.05, 4.69) is 33.6 Å². The lowest BCUT2D eigenvalue weighted by Crippen LogP contribution is -2.41. The monoisotopic (exact) mass is 434 g/mol. The summed E-state index contributed by atoms with van der Waals surface area (Å²) < 4.78 is 0. The van der Waals surface area contributed by atoms with Crippen molar-refractivity contribution in [2.45, 2.75) is 45.2 Å². The second-order valence-corrected chi connectivity index (χ2v) is 7.34. The van der Waals surface area contributed by atoms with Crippen molar-refractivity contribution in [2.75, 3.05) is 19.6 Å². The van der Waals surface area contributed by atoms with Gasteiger partial charge >= 0.3 is 0 Å². The molecular formula is C16H27IN4S. The van der Waals surface area contributed by atoms with Crippen LogP contribution in [0.3, 0.4) is 0 Å². The van der Waals surface area contributed by atoms with E-state index < -0.39 is 0 Å². The van der Waals surface area contributed by atoms with E-state index in [0.717, 1.165) is 32.1 Å². The molecule has 1 aromatic rings. The Morgan fingerprint density at radius 3 is 3.09 bits per heavy atom. The van der Waals surface area contributed by atoms with E-state index in [1.54, 1.807) is 4.88 Å². The summed E-state index contributed by atoms with van der Waals surface area (Å²) in [6.45, 7) is 6.22. The number of nitrogens with two attached hydrogens (primary N) is 1. The largest absolute Gasteiger partial charge is 0.370 e. The van der Waals surface area contributed by atoms with Crippen molar-refractivity contribution in [2.24, 2.45) is 16.6 Å². The van der Waals surface area contributed by atoms with Crippen LogP contribution in [0.5, 0.6) is 0 Å². The second kappa shape index (κ2) is 8.49. The third kappa shape index (κ3) is 4.58. The zero-order valence-electron chi connectivity index (χ0n) is 13.3. The van der Waals surface area contributed by atoms with Gasteiger partial charge in [0.05, 0.1) is 6.54 Å². The summed E-state index contributed by atoms with van der Waals surface area (Å²) in [4.78, 5) is 8.59. The van der Waals surface area contributed by atoms with E-state index in [-0.39, 0.29) is 24.0 Å². The number of hydrogen-bond acceptors (Lipinski definition) is 3. The van der Waals surface area contributed by atoms with Crippen LogP contribution in [0.1, 0.15) is 36.6 Å². The molecule has 1 atom stereocenters. The maximum absolute atomic E-state index is 5.96. The van der Waals surface area contributed by atoms with Gasteiger partial charge in [-0.2, -0.15) is 0 Å². The number of halogens is 1. The van der Waals surface area contributed by atoms with Crippen LogP contribution in [0.2, 0.25) is 0 Å². The Hall–Kier alpha value is -0.340. The van der Waals surface area contributed by atoms with Gasteiger partial charge in [-0.15, -0.1) is 35.3 Å². The number of fused-ring (bicyclic) bond motifs is 1. The Labute approximate surface area is 154 Å². The topological polar surface area (TPSA) is 53.6 Å². The van der Waals surface area contributed by atoms with Gasteiger partial charge in [0.25, 0.3) is 0 Å². The van der Waals surface area contributed by atoms with Crippen LogP contribution in [-0.2, 0) is 13.0 Å². The highest BCUT2D eigenvalue weighted by Crippen LogP contribution is 2.25. The molecule has 0 saturated heterocycles. The van der Waals surface area contributed by atoms with Crippen LogP contribution < -0.4 is 11.1 Å². The molecular weight excluding hydrogens is 407 g/mol. The number of guanidine groups is 1. The fraction of sp³-hybridized carbons (Fsp3) is 0.688. The van der Waals surface area contributed by atoms with Crippen LogP contribution in [0, 0.1) is 5.92 Å². The van der Waals surface area contributed by atoms with Gasteiger partial charge in [0.1, 0.15) is 0 Å². The smallest absolute Gasteiger partial charge is 0.188 e. The summed E-state index contributed by atoms with van der Waals surface area (Å²) in [5.41, 5.74) is 7.46. The molecule has 0 bridgehead atoms. The summed E-state index contributed by atoms with van der Waals surface area (Å²) in [6.07, 6.45) is 5.23. The van der Waals surface area contributed by atoms with E-state index in [0.29, 0.717) is 12.0 Å². The first-order valence-electron chi connectivity index (χ1n) is 8.05. The molecule has 6 heteroatoms. The van der Waals surface area contributed by atoms with Crippen molar-refractivity contribution < 1.29 is 0 Å². The standard InChI is InChI=1S/C16H26N4S.HI/c1-12(9-18-16(17)19-10-13-3-2-4-13)20-7-5-15-14(11-20)6-8-21-15;/h6,8,12-13H,2-5,7,9-11H2,1H3,(H3,17,18,19);1H. The van der Waals surface area contributed by atoms with E-state index in [4.69, 9.17) is 5.73 Å². The van der Waals surface area contributed by atoms with Crippen molar-refractivity contribution in [3.05, 3.63) is 21.9 Å². The number of rotatable bonds is 5. The van der Waals surface area contributed by atoms with Gasteiger partial charge in [-0.3, -0.25) is 9.89 Å². The quantitative estimate of drug-likeness (QED) is 0.426. The van der Waals surface area contributed by atoms with Gasteiger partial charge in [0.2, 0.25) is 0 Å². The third-order valence-corrected chi connectivity index (χ3v) is 5.81. The molecule has 0 amide bonds. The molecule has 1 aromatic heterocycles. The lowest BCUT2D eigenvalue weighted by Gasteiger charge is -2.31. The summed E-state index contributed by atoms with van der Waals surface area (Å²) >= 11 is 1.89. The highest BCUT2D eigenvalue weighted by molar-refractivity contribution is 14.0. The first-order chi connectivity index (χ1) is 10.2. The van der Waals surface area contributed by atoms with Crippen molar-refractivity contribution in [1.82, 2.24) is 10.2 Å². The first-order valence-corrected chi connectivity index (χ1v) is 8.93. The predicted octanol–water partition coefficient (Wildman–Crippen LogP) is 2.82. The number of aliphatic imine (C=N–C) groups is 1. The Kier molecular flexibility index (Phi) is 6.95. The molecule has 0 aromatic carbocycles. The molecule has 1 unspecified atom stereocenters. The van der Waals surface area contributed by atoms with E-state index in [1.165, 1.54) is 31.2 Å². The summed E-state index contributed by atoms with van der Waals surface area (Å²) in [7, 11) is 0. The lowest BCUT2D eigenvalue weighted by atomic mass is 9.85. The van der Waals surface area contributed by atoms with Gasteiger partial charge in [0, 0.05) is 30.6 Å². The first kappa shape index (κ1) is 18.0. The summed E-state index contributed by atoms with van der Waals surface area (Å²) in [5.74, 6) is 1.43. The minimum atomic E-state index is 0. The Morgan fingerprint density at radius 1 is 1.55 bits per heavy atom. The molecule has 22 heavy (non-hydrogen) atoms. The molecule has 0 spiro atoms. The van der Waals surface area contributed by atoms with Crippen molar-refractivity contribution in [3.63, 3.8) is 0 Å². The normalized spacial score (nSPS) is 20.7. The van der Waals surface area contributed by atoms with Crippen LogP contribution >= 0.6 is 35.3 Å². The molecule has 0 radical (unpaired) electrons. The average Bonchev–Trinajstić information content (AvgIpc) is 2.90. The zero-order valence-corrected chi connectivity index (χ0v) is 16.4. The van der Waals surface area contributed by atoms with Gasteiger partial charge in [-0.05, 0) is 49.1 Å². The summed E-state index contributed by atoms with van der Waals surface area (Å²) in [6, 6.07) is 2.71. The minimum absolute atomic E-state index is 0. The molecule has 1 aliphatic heterocycles. The van der Waals surface area contributed by atoms with Gasteiger partial charge in [-0.1, -0.05) is 6.42 Å². The SMILES string of the molecule is CC(CN=C(N)NCC1CCC1)N1CCc2sccc2C1.I. The third-order valence-electron chi connectivity index (χ3n) is 4.78. The highest BCUT2D eigenvalue weighted by atomic mass is 127. The molecule has 1 saturated carbocycles. The summed E-state index contributed by atoms with van der Waals surface area (Å²) in [5, 5.41) is 5.47. The maximum Gasteiger partial charge on any atom is 0.188 e. The Morgan fingerprint density at radius 2 is 2.36 bits per heavy atom. The second-order valence-electron chi connectivity index (χ2n) is 6.34. The van der Waals surface area contributed by atoms with E-state index in [9.17, 15) is 0 Å². The molecule has 4 nitrogen and oxygen atoms in total. The minimum Gasteiger partial charge on any atom is -0.370 e. The number of nitrogens with one attached hydrogen (secondary N) is 1. The fourth-order valence-corrected chi connectivity index (χ4v) is 3.88. The number of hydrogen-bond donors (Lipinski definition) is 2. The van der Waals surface area contributed by atoms with Crippen LogP contribution in [0.25, 0.3) is 0 Å². The van der Waals surface area contributed by atoms with Gasteiger partial charge in [0.15, 0.2) is 5.96 Å². The molecule has 3 rings (SSSR count). The van der Waals surface area contributed by atoms with Crippen molar-refractivity contribution >= 4 is 41.3 Å². The van der Waals surface area contributed by atoms with Gasteiger partial charge < -0.3 is 11.1 Å². The average molecular weight is 434 g/mol. The van der Waals surface area contributed by atoms with Gasteiger partial charge in [-0.25, -0.2) is 0 Å². The predicted molar refractivity (Wildman–Crippen MR) is 105 cm³/mol. The number of thiophene rings is 1. The Bertz CT molecular complexity index is 498. The van der Waals surface area contributed by atoms with Crippen LogP contribution in [0.4, 0.5) is 0 Å². The molecule has 1 fully saturated rings. The van der Waals surface area contributed by atoms with E-state index in [1.807, 2.05) is 11.3 Å². The molecule has 3 N–H and O–H groups in total.